The second kappa shape index (κ2) is 12.5. The van der Waals surface area contributed by atoms with Crippen LogP contribution in [-0.4, -0.2) is 63.7 Å². The number of amides is 3. The summed E-state index contributed by atoms with van der Waals surface area (Å²) in [7, 11) is 0. The molecular weight excluding hydrogens is 593 g/mol. The number of hydrogen-bond donors (Lipinski definition) is 2. The van der Waals surface area contributed by atoms with Crippen molar-refractivity contribution in [1.29, 1.82) is 0 Å². The number of rotatable bonds is 6. The summed E-state index contributed by atoms with van der Waals surface area (Å²) in [6.45, 7) is 5.32. The van der Waals surface area contributed by atoms with Crippen molar-refractivity contribution in [3.8, 4) is 0 Å². The smallest absolute Gasteiger partial charge is 0.410 e. The van der Waals surface area contributed by atoms with Crippen molar-refractivity contribution in [1.82, 2.24) is 15.3 Å². The number of aliphatic hydroxyl groups excluding tert-OH is 1. The Hall–Kier alpha value is -3.63. The van der Waals surface area contributed by atoms with Crippen LogP contribution in [0.25, 0.3) is 0 Å². The first kappa shape index (κ1) is 30.8. The summed E-state index contributed by atoms with van der Waals surface area (Å²) in [6.07, 6.45) is -1.73. The number of nitrogens with one attached hydrogen (secondary N) is 1. The van der Waals surface area contributed by atoms with Gasteiger partial charge in [0.05, 0.1) is 37.3 Å². The first-order valence-electron chi connectivity index (χ1n) is 13.9. The van der Waals surface area contributed by atoms with E-state index in [0.717, 1.165) is 5.56 Å². The maximum atomic E-state index is 14.2. The Kier molecular flexibility index (Phi) is 8.99. The molecule has 2 N–H and O–H groups in total. The molecule has 0 radical (unpaired) electrons. The molecule has 11 heteroatoms. The number of carbonyl (C=O) groups is 3. The fourth-order valence-corrected chi connectivity index (χ4v) is 6.14. The first-order chi connectivity index (χ1) is 20.4. The number of benzene rings is 3. The highest BCUT2D eigenvalue weighted by atomic mass is 35.5. The summed E-state index contributed by atoms with van der Waals surface area (Å²) in [5.41, 5.74) is 3.92. The molecule has 3 amide bonds. The Morgan fingerprint density at radius 3 is 2.37 bits per heavy atom. The highest BCUT2D eigenvalue weighted by Crippen LogP contribution is 2.47. The molecule has 0 aliphatic carbocycles. The van der Waals surface area contributed by atoms with E-state index in [0.29, 0.717) is 21.7 Å². The van der Waals surface area contributed by atoms with Crippen LogP contribution >= 0.6 is 23.2 Å². The van der Waals surface area contributed by atoms with E-state index in [1.54, 1.807) is 63.2 Å². The van der Waals surface area contributed by atoms with Crippen LogP contribution in [0.2, 0.25) is 10.0 Å². The van der Waals surface area contributed by atoms with Crippen molar-refractivity contribution < 1.29 is 29.1 Å². The number of nitrogens with zero attached hydrogens (tertiary/aromatic N) is 2. The lowest BCUT2D eigenvalue weighted by molar-refractivity contribution is -0.138. The van der Waals surface area contributed by atoms with Gasteiger partial charge in [-0.1, -0.05) is 77.8 Å². The molecule has 3 aromatic carbocycles. The first-order valence-corrected chi connectivity index (χ1v) is 14.7. The van der Waals surface area contributed by atoms with E-state index in [1.807, 2.05) is 30.3 Å². The third-order valence-electron chi connectivity index (χ3n) is 7.46. The lowest BCUT2D eigenvalue weighted by Gasteiger charge is -2.45. The minimum atomic E-state index is -1.12. The Labute approximate surface area is 260 Å². The summed E-state index contributed by atoms with van der Waals surface area (Å²) in [6, 6.07) is 19.2. The van der Waals surface area contributed by atoms with Crippen molar-refractivity contribution in [2.75, 3.05) is 13.1 Å². The van der Waals surface area contributed by atoms with Gasteiger partial charge in [-0.25, -0.2) is 10.3 Å². The number of β-amino-alcohol motifs (C(OH)–C–C–N with tert-alkyl or cyclic N) is 1. The fourth-order valence-electron chi connectivity index (χ4n) is 5.62. The number of hydroxylamine groups is 1. The van der Waals surface area contributed by atoms with Crippen molar-refractivity contribution in [2.45, 2.75) is 57.1 Å². The molecule has 1 saturated heterocycles. The molecule has 43 heavy (non-hydrogen) atoms. The van der Waals surface area contributed by atoms with Crippen molar-refractivity contribution in [3.05, 3.63) is 105 Å². The molecule has 3 aromatic rings. The van der Waals surface area contributed by atoms with E-state index < -0.39 is 47.6 Å². The Bertz CT molecular complexity index is 1510. The number of aliphatic hydroxyl groups is 1. The van der Waals surface area contributed by atoms with Crippen molar-refractivity contribution >= 4 is 41.1 Å². The largest absolute Gasteiger partial charge is 0.444 e. The zero-order valence-electron chi connectivity index (χ0n) is 24.0. The molecule has 226 valence electrons. The molecule has 2 heterocycles. The van der Waals surface area contributed by atoms with Gasteiger partial charge in [0.15, 0.2) is 0 Å². The number of carbonyl (C=O) groups excluding carboxylic acids is 3. The van der Waals surface area contributed by atoms with Crippen LogP contribution in [-0.2, 0) is 21.0 Å². The van der Waals surface area contributed by atoms with E-state index in [1.165, 1.54) is 9.80 Å². The van der Waals surface area contributed by atoms with Crippen LogP contribution in [0, 0.1) is 0 Å². The monoisotopic (exact) mass is 625 g/mol. The topological polar surface area (TPSA) is 108 Å². The van der Waals surface area contributed by atoms with Gasteiger partial charge < -0.3 is 19.6 Å². The maximum Gasteiger partial charge on any atom is 0.410 e. The maximum absolute atomic E-state index is 14.2. The second-order valence-electron chi connectivity index (χ2n) is 11.6. The van der Waals surface area contributed by atoms with Gasteiger partial charge in [0, 0.05) is 22.2 Å². The standard InChI is InChI=1S/C32H33Cl2N3O6/c1-32(2,3)43-31(41)36-16-25(26(38)17-36)37-28(23-14-13-20(33)15-24(23)34)27(21-11-7-8-12-22(21)30(37)40)29(39)35-42-18-19-9-5-4-6-10-19/h4-15,25-28,38H,16-18H2,1-3H3,(H,35,39). The lowest BCUT2D eigenvalue weighted by atomic mass is 9.78. The summed E-state index contributed by atoms with van der Waals surface area (Å²) in [5.74, 6) is -1.89. The van der Waals surface area contributed by atoms with Crippen LogP contribution in [0.4, 0.5) is 4.79 Å². The second-order valence-corrected chi connectivity index (χ2v) is 12.5. The quantitative estimate of drug-likeness (QED) is 0.350. The van der Waals surface area contributed by atoms with Crippen LogP contribution in [0.1, 0.15) is 59.8 Å². The molecule has 2 aliphatic heterocycles. The van der Waals surface area contributed by atoms with Gasteiger partial charge in [0.1, 0.15) is 5.60 Å². The van der Waals surface area contributed by atoms with Crippen molar-refractivity contribution in [2.24, 2.45) is 0 Å². The summed E-state index contributed by atoms with van der Waals surface area (Å²) < 4.78 is 5.53. The summed E-state index contributed by atoms with van der Waals surface area (Å²) in [5, 5.41) is 11.9. The molecule has 0 bridgehead atoms. The van der Waals surface area contributed by atoms with Gasteiger partial charge in [0.2, 0.25) is 0 Å². The molecule has 1 fully saturated rings. The molecule has 4 unspecified atom stereocenters. The molecule has 4 atom stereocenters. The number of halogens is 2. The number of fused-ring (bicyclic) bond motifs is 1. The Morgan fingerprint density at radius 1 is 0.977 bits per heavy atom. The predicted molar refractivity (Wildman–Crippen MR) is 162 cm³/mol. The third kappa shape index (κ3) is 6.65. The Morgan fingerprint density at radius 2 is 1.67 bits per heavy atom. The number of likely N-dealkylation sites (tertiary alicyclic amines) is 1. The normalized spacial score (nSPS) is 21.9. The van der Waals surface area contributed by atoms with E-state index >= 15 is 0 Å². The van der Waals surface area contributed by atoms with Gasteiger partial charge >= 0.3 is 6.09 Å². The molecule has 0 spiro atoms. The SMILES string of the molecule is CC(C)(C)OC(=O)N1CC(O)C(N2C(=O)c3ccccc3C(C(=O)NOCc3ccccc3)C2c2ccc(Cl)cc2Cl)C1. The lowest BCUT2D eigenvalue weighted by Crippen LogP contribution is -2.55. The molecule has 9 nitrogen and oxygen atoms in total. The average Bonchev–Trinajstić information content (AvgIpc) is 3.34. The summed E-state index contributed by atoms with van der Waals surface area (Å²) in [4.78, 5) is 49.6. The zero-order chi connectivity index (χ0) is 30.9. The van der Waals surface area contributed by atoms with E-state index in [-0.39, 0.29) is 24.7 Å². The predicted octanol–water partition coefficient (Wildman–Crippen LogP) is 5.50. The van der Waals surface area contributed by atoms with Gasteiger partial charge in [-0.15, -0.1) is 0 Å². The van der Waals surface area contributed by atoms with Gasteiger partial charge in [-0.05, 0) is 55.7 Å². The highest BCUT2D eigenvalue weighted by molar-refractivity contribution is 6.35. The fraction of sp³-hybridized carbons (Fsp3) is 0.344. The molecule has 5 rings (SSSR count). The number of ether oxygens (including phenoxy) is 1. The third-order valence-corrected chi connectivity index (χ3v) is 8.02. The number of hydrogen-bond acceptors (Lipinski definition) is 6. The Balaban J connectivity index is 1.55. The van der Waals surface area contributed by atoms with E-state index in [4.69, 9.17) is 32.8 Å². The molecule has 0 saturated carbocycles. The van der Waals surface area contributed by atoms with Crippen LogP contribution in [0.15, 0.2) is 72.8 Å². The summed E-state index contributed by atoms with van der Waals surface area (Å²) >= 11 is 12.9. The van der Waals surface area contributed by atoms with Crippen LogP contribution < -0.4 is 5.48 Å². The van der Waals surface area contributed by atoms with Gasteiger partial charge in [-0.2, -0.15) is 0 Å². The minimum Gasteiger partial charge on any atom is -0.444 e. The molecule has 0 aromatic heterocycles. The van der Waals surface area contributed by atoms with Crippen LogP contribution in [0.5, 0.6) is 0 Å². The minimum absolute atomic E-state index is 0.00938. The zero-order valence-corrected chi connectivity index (χ0v) is 25.5. The van der Waals surface area contributed by atoms with E-state index in [9.17, 15) is 19.5 Å². The van der Waals surface area contributed by atoms with E-state index in [2.05, 4.69) is 5.48 Å². The molecule has 2 aliphatic rings. The highest BCUT2D eigenvalue weighted by Gasteiger charge is 2.51. The van der Waals surface area contributed by atoms with Crippen molar-refractivity contribution in [3.63, 3.8) is 0 Å². The molecular formula is C32H33Cl2N3O6. The van der Waals surface area contributed by atoms with Gasteiger partial charge in [0.25, 0.3) is 11.8 Å². The van der Waals surface area contributed by atoms with Crippen LogP contribution in [0.3, 0.4) is 0 Å². The van der Waals surface area contributed by atoms with Gasteiger partial charge in [-0.3, -0.25) is 14.4 Å². The average molecular weight is 627 g/mol.